The van der Waals surface area contributed by atoms with Crippen molar-refractivity contribution >= 4 is 5.78 Å². The Hall–Kier alpha value is -4.03. The van der Waals surface area contributed by atoms with Crippen LogP contribution in [0.15, 0.2) is 54.6 Å². The van der Waals surface area contributed by atoms with Crippen LogP contribution < -0.4 is 10.1 Å². The lowest BCUT2D eigenvalue weighted by atomic mass is 9.33. The Morgan fingerprint density at radius 1 is 0.923 bits per heavy atom. The number of benzene rings is 3. The van der Waals surface area contributed by atoms with Crippen molar-refractivity contribution in [2.75, 3.05) is 13.7 Å². The Labute approximate surface area is 305 Å². The van der Waals surface area contributed by atoms with Gasteiger partial charge in [0.2, 0.25) is 0 Å². The minimum atomic E-state index is -1.33. The van der Waals surface area contributed by atoms with Crippen molar-refractivity contribution in [1.82, 2.24) is 5.32 Å². The fourth-order valence-corrected chi connectivity index (χ4v) is 12.7. The third kappa shape index (κ3) is 4.81. The molecule has 0 aromatic heterocycles. The summed E-state index contributed by atoms with van der Waals surface area (Å²) >= 11 is 0. The van der Waals surface area contributed by atoms with Crippen molar-refractivity contribution in [2.45, 2.75) is 99.2 Å². The molecule has 3 saturated carbocycles. The third-order valence-corrected chi connectivity index (χ3v) is 14.7. The van der Waals surface area contributed by atoms with Crippen molar-refractivity contribution in [3.63, 3.8) is 0 Å². The highest BCUT2D eigenvalue weighted by atomic mass is 16.5. The molecule has 10 atom stereocenters. The zero-order chi connectivity index (χ0) is 36.0. The molecule has 8 nitrogen and oxygen atoms in total. The first-order valence-corrected chi connectivity index (χ1v) is 19.2. The molecule has 9 rings (SSSR count). The van der Waals surface area contributed by atoms with Gasteiger partial charge in [-0.15, -0.1) is 0 Å². The Morgan fingerprint density at radius 2 is 1.73 bits per heavy atom. The van der Waals surface area contributed by atoms with Crippen LogP contribution in [0.25, 0.3) is 0 Å². The van der Waals surface area contributed by atoms with Gasteiger partial charge in [0.15, 0.2) is 23.0 Å². The molecule has 52 heavy (non-hydrogen) atoms. The molecular formula is C44H49NO7. The van der Waals surface area contributed by atoms with Crippen molar-refractivity contribution < 1.29 is 35.1 Å². The van der Waals surface area contributed by atoms with Crippen LogP contribution in [0.5, 0.6) is 23.0 Å². The lowest BCUT2D eigenvalue weighted by Crippen LogP contribution is -2.81. The fourth-order valence-electron chi connectivity index (χ4n) is 12.7. The van der Waals surface area contributed by atoms with E-state index in [1.54, 1.807) is 18.2 Å². The molecule has 1 spiro atoms. The van der Waals surface area contributed by atoms with Crippen LogP contribution in [0.1, 0.15) is 97.4 Å². The van der Waals surface area contributed by atoms with E-state index in [-0.39, 0.29) is 83.4 Å². The van der Waals surface area contributed by atoms with E-state index in [1.165, 1.54) is 13.2 Å². The third-order valence-electron chi connectivity index (χ3n) is 14.7. The molecule has 6 N–H and O–H groups in total. The van der Waals surface area contributed by atoms with E-state index in [0.29, 0.717) is 42.9 Å². The van der Waals surface area contributed by atoms with Gasteiger partial charge in [-0.1, -0.05) is 42.2 Å². The summed E-state index contributed by atoms with van der Waals surface area (Å²) in [4.78, 5) is 14.7. The predicted octanol–water partition coefficient (Wildman–Crippen LogP) is 5.96. The Bertz CT molecular complexity index is 1990. The van der Waals surface area contributed by atoms with E-state index >= 15 is 0 Å². The molecule has 6 aliphatic rings. The first-order chi connectivity index (χ1) is 25.1. The molecule has 5 aliphatic carbocycles. The van der Waals surface area contributed by atoms with Gasteiger partial charge in [-0.2, -0.15) is 0 Å². The van der Waals surface area contributed by atoms with Gasteiger partial charge < -0.3 is 35.6 Å². The number of phenols is 3. The molecule has 4 fully saturated rings. The van der Waals surface area contributed by atoms with Crippen molar-refractivity contribution in [3.8, 4) is 34.8 Å². The number of carbonyl (C=O) groups is 1. The van der Waals surface area contributed by atoms with E-state index in [4.69, 9.17) is 4.74 Å². The Balaban J connectivity index is 1.26. The maximum atomic E-state index is 14.7. The number of ketones is 1. The van der Waals surface area contributed by atoms with Crippen molar-refractivity contribution in [2.24, 2.45) is 29.6 Å². The van der Waals surface area contributed by atoms with Gasteiger partial charge in [0.25, 0.3) is 0 Å². The first kappa shape index (κ1) is 33.8. The Kier molecular flexibility index (Phi) is 7.97. The number of phenolic OH excluding ortho intramolecular Hbond substituents is 3. The summed E-state index contributed by atoms with van der Waals surface area (Å²) in [5.41, 5.74) is 2.23. The Morgan fingerprint density at radius 3 is 2.52 bits per heavy atom. The number of fused-ring (bicyclic) bond motifs is 3. The number of ether oxygens (including phenoxy) is 1. The fraction of sp³-hybridized carbons (Fsp3) is 0.523. The molecule has 1 saturated heterocycles. The monoisotopic (exact) mass is 703 g/mol. The van der Waals surface area contributed by atoms with E-state index < -0.39 is 16.9 Å². The van der Waals surface area contributed by atoms with Crippen molar-refractivity contribution in [3.05, 3.63) is 82.4 Å². The maximum absolute atomic E-state index is 14.7. The van der Waals surface area contributed by atoms with Gasteiger partial charge in [0.05, 0.1) is 19.3 Å². The molecule has 3 aromatic rings. The highest BCUT2D eigenvalue weighted by Gasteiger charge is 2.75. The van der Waals surface area contributed by atoms with E-state index in [2.05, 4.69) is 29.3 Å². The molecule has 3 aromatic carbocycles. The molecule has 4 bridgehead atoms. The van der Waals surface area contributed by atoms with Gasteiger partial charge in [-0.25, -0.2) is 0 Å². The van der Waals surface area contributed by atoms with E-state index in [1.807, 2.05) is 18.2 Å². The number of piperidine rings is 1. The average Bonchev–Trinajstić information content (AvgIpc) is 3.14. The molecule has 272 valence electrons. The number of aliphatic hydroxyl groups is 2. The average molecular weight is 704 g/mol. The number of nitrogens with one attached hydrogen (secondary N) is 1. The van der Waals surface area contributed by atoms with Crippen molar-refractivity contribution in [1.29, 1.82) is 0 Å². The number of methoxy groups -OCH3 is 1. The second kappa shape index (κ2) is 12.3. The van der Waals surface area contributed by atoms with E-state index in [9.17, 15) is 30.3 Å². The van der Waals surface area contributed by atoms with Gasteiger partial charge >= 0.3 is 0 Å². The minimum absolute atomic E-state index is 0.00781. The number of aromatic hydroxyl groups is 3. The maximum Gasteiger partial charge on any atom is 0.160 e. The summed E-state index contributed by atoms with van der Waals surface area (Å²) < 4.78 is 5.51. The van der Waals surface area contributed by atoms with Gasteiger partial charge in [-0.05, 0) is 121 Å². The standard InChI is InChI=1S/C44H49NO7/c1-52-40-20-33(30(24-46)17-39(40)50)32-18-31(47)22-42(51)13-14-43-12-11-26-7-8-28-16-35(26)44(43,36-21-38(49)37(48)19-34(28)36)41(42)29(23-45-43)10-9-27(32)15-25-5-3-2-4-6-25/h2-6,17,19-21,26-29,32,35,41,45-46,48-51H,7-8,11-16,18,22-24H2,1H3/t26-,27+,28-,29-,32-,35+,41+,42-,43-,44-/m1/s1. The molecular weight excluding hydrogens is 654 g/mol. The van der Waals surface area contributed by atoms with Crippen LogP contribution in [0.3, 0.4) is 0 Å². The zero-order valence-electron chi connectivity index (χ0n) is 29.8. The second-order valence-corrected chi connectivity index (χ2v) is 16.9. The highest BCUT2D eigenvalue weighted by Crippen LogP contribution is 2.73. The van der Waals surface area contributed by atoms with Crippen LogP contribution in [0.2, 0.25) is 0 Å². The number of hydrogen-bond acceptors (Lipinski definition) is 8. The quantitative estimate of drug-likeness (QED) is 0.142. The van der Waals surface area contributed by atoms with Crippen LogP contribution >= 0.6 is 0 Å². The number of rotatable bonds is 5. The lowest BCUT2D eigenvalue weighted by molar-refractivity contribution is -0.208. The van der Waals surface area contributed by atoms with Gasteiger partial charge in [-0.3, -0.25) is 4.79 Å². The minimum Gasteiger partial charge on any atom is -0.504 e. The van der Waals surface area contributed by atoms with Gasteiger partial charge in [0, 0.05) is 54.0 Å². The van der Waals surface area contributed by atoms with Crippen LogP contribution in [0.4, 0.5) is 0 Å². The summed E-state index contributed by atoms with van der Waals surface area (Å²) in [5.74, 6) is 7.05. The molecule has 8 heteroatoms. The lowest BCUT2D eigenvalue weighted by Gasteiger charge is -2.75. The smallest absolute Gasteiger partial charge is 0.160 e. The van der Waals surface area contributed by atoms with Crippen LogP contribution in [-0.4, -0.2) is 56.1 Å². The molecule has 1 aliphatic heterocycles. The summed E-state index contributed by atoms with van der Waals surface area (Å²) in [5, 5.41) is 60.4. The molecule has 0 radical (unpaired) electrons. The molecule has 0 unspecified atom stereocenters. The summed E-state index contributed by atoms with van der Waals surface area (Å²) in [6.07, 6.45) is 7.07. The van der Waals surface area contributed by atoms with Crippen LogP contribution in [0, 0.1) is 41.4 Å². The molecule has 1 heterocycles. The summed E-state index contributed by atoms with van der Waals surface area (Å²) in [6, 6.07) is 17.0. The second-order valence-electron chi connectivity index (χ2n) is 16.9. The van der Waals surface area contributed by atoms with Crippen LogP contribution in [-0.2, 0) is 23.2 Å². The normalized spacial score (nSPS) is 37.1. The predicted molar refractivity (Wildman–Crippen MR) is 195 cm³/mol. The number of carbonyl (C=O) groups excluding carboxylic acids is 1. The first-order valence-electron chi connectivity index (χ1n) is 19.2. The summed E-state index contributed by atoms with van der Waals surface area (Å²) in [7, 11) is 1.49. The number of hydrogen-bond donors (Lipinski definition) is 6. The number of Topliss-reactive ketones (excluding diaryl/α,β-unsaturated/α-hetero) is 1. The highest BCUT2D eigenvalue weighted by molar-refractivity contribution is 5.81. The van der Waals surface area contributed by atoms with E-state index in [0.717, 1.165) is 48.8 Å². The summed E-state index contributed by atoms with van der Waals surface area (Å²) in [6.45, 7) is 0.269. The largest absolute Gasteiger partial charge is 0.504 e. The topological polar surface area (TPSA) is 139 Å². The van der Waals surface area contributed by atoms with Gasteiger partial charge in [0.1, 0.15) is 5.78 Å². The number of aliphatic hydroxyl groups excluding tert-OH is 1. The zero-order valence-corrected chi connectivity index (χ0v) is 29.8. The SMILES string of the molecule is COc1cc([C@@H]2CC(=O)C[C@]3(O)CC[C@]45CC[C@H]6CC[C@@H]7C[C@@H]6[C@@]4(c4cc(O)c(O)cc47)[C@H]3[C@H](C#C[C@H]2Cc2ccccc2)CN5)c(CO)cc1O. The molecule has 0 amide bonds.